The van der Waals surface area contributed by atoms with Crippen molar-refractivity contribution in [1.29, 1.82) is 0 Å². The maximum Gasteiger partial charge on any atom is 0.0885 e. The van der Waals surface area contributed by atoms with Gasteiger partial charge in [0.15, 0.2) is 0 Å². The Morgan fingerprint density at radius 3 is 2.84 bits per heavy atom. The first kappa shape index (κ1) is 11.1. The highest BCUT2D eigenvalue weighted by molar-refractivity contribution is 5.80. The summed E-state index contributed by atoms with van der Waals surface area (Å²) in [5, 5.41) is 0. The van der Waals surface area contributed by atoms with Crippen LogP contribution in [0, 0.1) is 11.8 Å². The number of hydrogen-bond acceptors (Lipinski definition) is 2. The molecule has 3 heteroatoms. The van der Waals surface area contributed by atoms with E-state index in [1.54, 1.807) is 0 Å². The highest BCUT2D eigenvalue weighted by Gasteiger charge is 2.36. The third kappa shape index (κ3) is 1.76. The largest absolute Gasteiger partial charge is 0.370 e. The number of aromatic amines is 1. The van der Waals surface area contributed by atoms with Crippen LogP contribution >= 0.6 is 0 Å². The highest BCUT2D eigenvalue weighted by Crippen LogP contribution is 2.40. The standard InChI is InChI=1S/C16H19N3/c1-11(19-9-12-4-2-5-13(12)10-19)15-8-16-14(18-15)6-3-7-17-16/h3,6-8,12-13,18H,1-2,4-5,9-10H2. The van der Waals surface area contributed by atoms with E-state index in [2.05, 4.69) is 33.6 Å². The predicted octanol–water partition coefficient (Wildman–Crippen LogP) is 3.27. The number of H-pyrrole nitrogens is 1. The normalized spacial score (nSPS) is 26.0. The van der Waals surface area contributed by atoms with Crippen molar-refractivity contribution < 1.29 is 0 Å². The molecular formula is C16H19N3. The molecule has 3 heterocycles. The molecule has 2 fully saturated rings. The quantitative estimate of drug-likeness (QED) is 0.890. The van der Waals surface area contributed by atoms with Crippen LogP contribution in [0.1, 0.15) is 25.0 Å². The van der Waals surface area contributed by atoms with Gasteiger partial charge in [-0.3, -0.25) is 4.98 Å². The number of rotatable bonds is 2. The molecule has 0 aromatic carbocycles. The van der Waals surface area contributed by atoms with Gasteiger partial charge in [0.05, 0.1) is 22.4 Å². The van der Waals surface area contributed by atoms with E-state index in [0.717, 1.165) is 34.3 Å². The van der Waals surface area contributed by atoms with Crippen LogP contribution in [-0.4, -0.2) is 28.0 Å². The smallest absolute Gasteiger partial charge is 0.0885 e. The van der Waals surface area contributed by atoms with Crippen LogP contribution in [0.15, 0.2) is 31.0 Å². The van der Waals surface area contributed by atoms with E-state index in [-0.39, 0.29) is 0 Å². The van der Waals surface area contributed by atoms with Crippen molar-refractivity contribution >= 4 is 16.7 Å². The summed E-state index contributed by atoms with van der Waals surface area (Å²) in [5.74, 6) is 1.80. The van der Waals surface area contributed by atoms with E-state index in [0.29, 0.717) is 0 Å². The molecule has 2 aliphatic rings. The Labute approximate surface area is 113 Å². The first-order valence-corrected chi connectivity index (χ1v) is 7.19. The third-order valence-electron chi connectivity index (χ3n) is 4.81. The maximum absolute atomic E-state index is 4.38. The number of hydrogen-bond donors (Lipinski definition) is 1. The molecule has 0 spiro atoms. The minimum absolute atomic E-state index is 0.902. The number of fused-ring (bicyclic) bond motifs is 2. The number of likely N-dealkylation sites (tertiary alicyclic amines) is 1. The zero-order valence-electron chi connectivity index (χ0n) is 11.1. The highest BCUT2D eigenvalue weighted by atomic mass is 15.2. The fraction of sp³-hybridized carbons (Fsp3) is 0.438. The van der Waals surface area contributed by atoms with Crippen molar-refractivity contribution in [3.8, 4) is 0 Å². The lowest BCUT2D eigenvalue weighted by molar-refractivity contribution is 0.442. The topological polar surface area (TPSA) is 31.9 Å². The van der Waals surface area contributed by atoms with Gasteiger partial charge in [-0.15, -0.1) is 0 Å². The lowest BCUT2D eigenvalue weighted by atomic mass is 10.0. The van der Waals surface area contributed by atoms with E-state index < -0.39 is 0 Å². The van der Waals surface area contributed by atoms with Gasteiger partial charge in [-0.25, -0.2) is 0 Å². The van der Waals surface area contributed by atoms with Gasteiger partial charge in [0.25, 0.3) is 0 Å². The van der Waals surface area contributed by atoms with Gasteiger partial charge in [-0.05, 0) is 42.9 Å². The molecule has 19 heavy (non-hydrogen) atoms. The van der Waals surface area contributed by atoms with Crippen molar-refractivity contribution in [2.75, 3.05) is 13.1 Å². The van der Waals surface area contributed by atoms with Crippen LogP contribution < -0.4 is 0 Å². The van der Waals surface area contributed by atoms with Crippen LogP contribution in [0.5, 0.6) is 0 Å². The maximum atomic E-state index is 4.38. The molecule has 2 aromatic heterocycles. The van der Waals surface area contributed by atoms with Gasteiger partial charge in [0.1, 0.15) is 0 Å². The first-order chi connectivity index (χ1) is 9.31. The monoisotopic (exact) mass is 253 g/mol. The Morgan fingerprint density at radius 1 is 1.32 bits per heavy atom. The van der Waals surface area contributed by atoms with Gasteiger partial charge in [-0.2, -0.15) is 0 Å². The summed E-state index contributed by atoms with van der Waals surface area (Å²) in [5.41, 5.74) is 4.37. The molecule has 1 saturated carbocycles. The Morgan fingerprint density at radius 2 is 2.11 bits per heavy atom. The number of nitrogens with one attached hydrogen (secondary N) is 1. The SMILES string of the molecule is C=C(c1cc2ncccc2[nH]1)N1CC2CCCC2C1. The van der Waals surface area contributed by atoms with Crippen molar-refractivity contribution in [3.05, 3.63) is 36.7 Å². The summed E-state index contributed by atoms with van der Waals surface area (Å²) in [4.78, 5) is 10.3. The Balaban J connectivity index is 1.60. The molecule has 3 nitrogen and oxygen atoms in total. The molecule has 1 aliphatic carbocycles. The number of pyridine rings is 1. The molecule has 0 radical (unpaired) electrons. The Kier molecular flexibility index (Phi) is 2.40. The second-order valence-corrected chi connectivity index (χ2v) is 5.92. The van der Waals surface area contributed by atoms with Gasteiger partial charge in [0, 0.05) is 19.3 Å². The lowest BCUT2D eigenvalue weighted by Crippen LogP contribution is -2.19. The molecule has 98 valence electrons. The van der Waals surface area contributed by atoms with Crippen molar-refractivity contribution in [2.45, 2.75) is 19.3 Å². The second-order valence-electron chi connectivity index (χ2n) is 5.92. The number of nitrogens with zero attached hydrogens (tertiary/aromatic N) is 2. The molecular weight excluding hydrogens is 234 g/mol. The molecule has 2 aromatic rings. The fourth-order valence-electron chi connectivity index (χ4n) is 3.74. The van der Waals surface area contributed by atoms with E-state index in [1.165, 1.54) is 32.4 Å². The van der Waals surface area contributed by atoms with Crippen molar-refractivity contribution in [1.82, 2.24) is 14.9 Å². The van der Waals surface area contributed by atoms with Crippen LogP contribution in [-0.2, 0) is 0 Å². The Bertz CT molecular complexity index is 583. The minimum Gasteiger partial charge on any atom is -0.370 e. The summed E-state index contributed by atoms with van der Waals surface area (Å²) >= 11 is 0. The molecule has 0 amide bonds. The average Bonchev–Trinajstić information content (AvgIpc) is 3.10. The third-order valence-corrected chi connectivity index (χ3v) is 4.81. The summed E-state index contributed by atoms with van der Waals surface area (Å²) < 4.78 is 0. The van der Waals surface area contributed by atoms with E-state index in [1.807, 2.05) is 12.3 Å². The van der Waals surface area contributed by atoms with E-state index >= 15 is 0 Å². The molecule has 1 N–H and O–H groups in total. The van der Waals surface area contributed by atoms with Crippen LogP contribution in [0.4, 0.5) is 0 Å². The van der Waals surface area contributed by atoms with Gasteiger partial charge < -0.3 is 9.88 Å². The predicted molar refractivity (Wildman–Crippen MR) is 77.5 cm³/mol. The zero-order valence-corrected chi connectivity index (χ0v) is 11.1. The molecule has 0 bridgehead atoms. The van der Waals surface area contributed by atoms with Gasteiger partial charge >= 0.3 is 0 Å². The Hall–Kier alpha value is -1.77. The summed E-state index contributed by atoms with van der Waals surface area (Å²) in [6.45, 7) is 6.67. The average molecular weight is 253 g/mol. The number of aromatic nitrogens is 2. The van der Waals surface area contributed by atoms with Crippen LogP contribution in [0.25, 0.3) is 16.7 Å². The molecule has 2 atom stereocenters. The van der Waals surface area contributed by atoms with Gasteiger partial charge in [-0.1, -0.05) is 13.0 Å². The molecule has 1 aliphatic heterocycles. The molecule has 4 rings (SSSR count). The molecule has 2 unspecified atom stereocenters. The van der Waals surface area contributed by atoms with Gasteiger partial charge in [0.2, 0.25) is 0 Å². The van der Waals surface area contributed by atoms with Crippen molar-refractivity contribution in [3.63, 3.8) is 0 Å². The van der Waals surface area contributed by atoms with E-state index in [9.17, 15) is 0 Å². The second kappa shape index (κ2) is 4.12. The summed E-state index contributed by atoms with van der Waals surface area (Å²) in [7, 11) is 0. The fourth-order valence-corrected chi connectivity index (χ4v) is 3.74. The first-order valence-electron chi connectivity index (χ1n) is 7.19. The molecule has 1 saturated heterocycles. The van der Waals surface area contributed by atoms with Crippen LogP contribution in [0.2, 0.25) is 0 Å². The lowest BCUT2D eigenvalue weighted by Gasteiger charge is -2.21. The zero-order chi connectivity index (χ0) is 12.8. The minimum atomic E-state index is 0.902. The summed E-state index contributed by atoms with van der Waals surface area (Å²) in [6.07, 6.45) is 6.07. The van der Waals surface area contributed by atoms with Crippen molar-refractivity contribution in [2.24, 2.45) is 11.8 Å². The van der Waals surface area contributed by atoms with Crippen LogP contribution in [0.3, 0.4) is 0 Å². The summed E-state index contributed by atoms with van der Waals surface area (Å²) in [6, 6.07) is 6.15. The van der Waals surface area contributed by atoms with E-state index in [4.69, 9.17) is 0 Å².